The van der Waals surface area contributed by atoms with Crippen LogP contribution in [0.15, 0.2) is 29.3 Å². The molecule has 1 heterocycles. The molecule has 0 aromatic heterocycles. The zero-order chi connectivity index (χ0) is 11.2. The Bertz CT molecular complexity index is 355. The van der Waals surface area contributed by atoms with Gasteiger partial charge in [-0.1, -0.05) is 30.5 Å². The van der Waals surface area contributed by atoms with Gasteiger partial charge in [-0.15, -0.1) is 0 Å². The molecule has 0 radical (unpaired) electrons. The lowest BCUT2D eigenvalue weighted by atomic mass is 10.2. The smallest absolute Gasteiger partial charge is 0.0912 e. The van der Waals surface area contributed by atoms with Crippen molar-refractivity contribution in [2.75, 3.05) is 13.1 Å². The minimum Gasteiger partial charge on any atom is -0.363 e. The maximum atomic E-state index is 5.90. The molecule has 0 spiro atoms. The Morgan fingerprint density at radius 3 is 2.56 bits per heavy atom. The zero-order valence-electron chi connectivity index (χ0n) is 9.40. The number of hydrogen-bond acceptors (Lipinski definition) is 1. The van der Waals surface area contributed by atoms with Gasteiger partial charge in [0.25, 0.3) is 0 Å². The lowest BCUT2D eigenvalue weighted by Gasteiger charge is -2.15. The van der Waals surface area contributed by atoms with E-state index in [1.165, 1.54) is 25.7 Å². The number of hydrogen-bond donors (Lipinski definition) is 0. The molecule has 0 amide bonds. The lowest BCUT2D eigenvalue weighted by Crippen LogP contribution is -2.22. The molecule has 0 aliphatic carbocycles. The number of halogens is 1. The minimum atomic E-state index is 0.741. The van der Waals surface area contributed by atoms with E-state index >= 15 is 0 Å². The van der Waals surface area contributed by atoms with Crippen molar-refractivity contribution >= 4 is 23.6 Å². The maximum Gasteiger partial charge on any atom is 0.0912 e. The standard InChI is InChI=1S/C13H17ClN2/c14-12-6-5-7-13(10-12)15-11-16-8-3-1-2-4-9-16/h5-7,10-11H,1-4,8-9H2. The highest BCUT2D eigenvalue weighted by molar-refractivity contribution is 6.30. The maximum absolute atomic E-state index is 5.90. The average molecular weight is 237 g/mol. The summed E-state index contributed by atoms with van der Waals surface area (Å²) in [6.07, 6.45) is 7.21. The molecule has 0 unspecified atom stereocenters. The Hall–Kier alpha value is -1.02. The predicted molar refractivity (Wildman–Crippen MR) is 69.6 cm³/mol. The molecule has 1 fully saturated rings. The van der Waals surface area contributed by atoms with Crippen LogP contribution < -0.4 is 0 Å². The molecule has 2 nitrogen and oxygen atoms in total. The van der Waals surface area contributed by atoms with E-state index in [2.05, 4.69) is 9.89 Å². The van der Waals surface area contributed by atoms with Crippen LogP contribution in [-0.4, -0.2) is 24.3 Å². The fourth-order valence-electron chi connectivity index (χ4n) is 1.92. The number of benzene rings is 1. The monoisotopic (exact) mass is 236 g/mol. The summed E-state index contributed by atoms with van der Waals surface area (Å²) in [6, 6.07) is 7.65. The van der Waals surface area contributed by atoms with E-state index in [4.69, 9.17) is 11.6 Å². The van der Waals surface area contributed by atoms with Gasteiger partial charge in [0.05, 0.1) is 12.0 Å². The summed E-state index contributed by atoms with van der Waals surface area (Å²) in [5.74, 6) is 0. The van der Waals surface area contributed by atoms with Crippen molar-refractivity contribution in [3.05, 3.63) is 29.3 Å². The Labute approximate surface area is 102 Å². The fourth-order valence-corrected chi connectivity index (χ4v) is 2.10. The van der Waals surface area contributed by atoms with E-state index in [0.717, 1.165) is 23.8 Å². The summed E-state index contributed by atoms with van der Waals surface area (Å²) in [4.78, 5) is 6.75. The summed E-state index contributed by atoms with van der Waals surface area (Å²) in [5, 5.41) is 0.741. The third-order valence-electron chi connectivity index (χ3n) is 2.82. The third kappa shape index (κ3) is 3.53. The minimum absolute atomic E-state index is 0.741. The first kappa shape index (κ1) is 11.5. The molecule has 0 saturated carbocycles. The second-order valence-corrected chi connectivity index (χ2v) is 4.61. The molecular weight excluding hydrogens is 220 g/mol. The first-order valence-electron chi connectivity index (χ1n) is 5.88. The van der Waals surface area contributed by atoms with Crippen molar-refractivity contribution in [3.63, 3.8) is 0 Å². The first-order valence-corrected chi connectivity index (χ1v) is 6.26. The highest BCUT2D eigenvalue weighted by Crippen LogP contribution is 2.17. The molecule has 0 bridgehead atoms. The highest BCUT2D eigenvalue weighted by atomic mass is 35.5. The summed E-state index contributed by atoms with van der Waals surface area (Å²) in [7, 11) is 0. The molecule has 1 aromatic rings. The summed E-state index contributed by atoms with van der Waals surface area (Å²) >= 11 is 5.90. The van der Waals surface area contributed by atoms with Gasteiger partial charge in [0, 0.05) is 18.1 Å². The third-order valence-corrected chi connectivity index (χ3v) is 3.05. The van der Waals surface area contributed by atoms with E-state index in [1.807, 2.05) is 30.6 Å². The van der Waals surface area contributed by atoms with Crippen LogP contribution in [0.3, 0.4) is 0 Å². The number of rotatable bonds is 2. The van der Waals surface area contributed by atoms with Crippen molar-refractivity contribution < 1.29 is 0 Å². The molecule has 0 N–H and O–H groups in total. The van der Waals surface area contributed by atoms with Crippen molar-refractivity contribution in [1.29, 1.82) is 0 Å². The van der Waals surface area contributed by atoms with Gasteiger partial charge in [0.15, 0.2) is 0 Å². The molecule has 0 atom stereocenters. The van der Waals surface area contributed by atoms with Gasteiger partial charge >= 0.3 is 0 Å². The topological polar surface area (TPSA) is 15.6 Å². The van der Waals surface area contributed by atoms with Gasteiger partial charge < -0.3 is 4.90 Å². The normalized spacial score (nSPS) is 17.7. The number of aliphatic imine (C=N–C) groups is 1. The Kier molecular flexibility index (Phi) is 4.23. The summed E-state index contributed by atoms with van der Waals surface area (Å²) in [5.41, 5.74) is 0.928. The highest BCUT2D eigenvalue weighted by Gasteiger charge is 2.04. The van der Waals surface area contributed by atoms with Crippen LogP contribution in [0.2, 0.25) is 5.02 Å². The number of likely N-dealkylation sites (tertiary alicyclic amines) is 1. The van der Waals surface area contributed by atoms with Gasteiger partial charge in [-0.25, -0.2) is 4.99 Å². The number of nitrogens with zero attached hydrogens (tertiary/aromatic N) is 2. The van der Waals surface area contributed by atoms with E-state index in [1.54, 1.807) is 0 Å². The van der Waals surface area contributed by atoms with Crippen molar-refractivity contribution in [2.24, 2.45) is 4.99 Å². The van der Waals surface area contributed by atoms with Crippen LogP contribution in [0.4, 0.5) is 5.69 Å². The van der Waals surface area contributed by atoms with Crippen molar-refractivity contribution in [2.45, 2.75) is 25.7 Å². The molecule has 3 heteroatoms. The van der Waals surface area contributed by atoms with Gasteiger partial charge in [-0.3, -0.25) is 0 Å². The molecule has 1 aliphatic rings. The summed E-state index contributed by atoms with van der Waals surface area (Å²) in [6.45, 7) is 2.26. The van der Waals surface area contributed by atoms with Crippen LogP contribution >= 0.6 is 11.6 Å². The molecule has 2 rings (SSSR count). The first-order chi connectivity index (χ1) is 7.84. The van der Waals surface area contributed by atoms with Crippen LogP contribution in [0.5, 0.6) is 0 Å². The van der Waals surface area contributed by atoms with Crippen LogP contribution in [0.25, 0.3) is 0 Å². The summed E-state index contributed by atoms with van der Waals surface area (Å²) < 4.78 is 0. The van der Waals surface area contributed by atoms with Crippen LogP contribution in [-0.2, 0) is 0 Å². The molecule has 86 valence electrons. The van der Waals surface area contributed by atoms with Crippen molar-refractivity contribution in [1.82, 2.24) is 4.90 Å². The van der Waals surface area contributed by atoms with Gasteiger partial charge in [-0.2, -0.15) is 0 Å². The Morgan fingerprint density at radius 2 is 1.88 bits per heavy atom. The van der Waals surface area contributed by atoms with Crippen LogP contribution in [0, 0.1) is 0 Å². The molecule has 1 aliphatic heterocycles. The Morgan fingerprint density at radius 1 is 1.12 bits per heavy atom. The second kappa shape index (κ2) is 5.90. The van der Waals surface area contributed by atoms with Crippen molar-refractivity contribution in [3.8, 4) is 0 Å². The van der Waals surface area contributed by atoms with E-state index in [9.17, 15) is 0 Å². The quantitative estimate of drug-likeness (QED) is 0.562. The van der Waals surface area contributed by atoms with E-state index < -0.39 is 0 Å². The van der Waals surface area contributed by atoms with E-state index in [-0.39, 0.29) is 0 Å². The second-order valence-electron chi connectivity index (χ2n) is 4.17. The molecule has 1 aromatic carbocycles. The van der Waals surface area contributed by atoms with Gasteiger partial charge in [0.2, 0.25) is 0 Å². The predicted octanol–water partition coefficient (Wildman–Crippen LogP) is 3.88. The lowest BCUT2D eigenvalue weighted by molar-refractivity contribution is 0.448. The SMILES string of the molecule is Clc1cccc(N=CN2CCCCCC2)c1. The van der Waals surface area contributed by atoms with E-state index in [0.29, 0.717) is 0 Å². The van der Waals surface area contributed by atoms with Crippen LogP contribution in [0.1, 0.15) is 25.7 Å². The molecular formula is C13H17ClN2. The zero-order valence-corrected chi connectivity index (χ0v) is 10.2. The average Bonchev–Trinajstić information content (AvgIpc) is 2.55. The van der Waals surface area contributed by atoms with Gasteiger partial charge in [-0.05, 0) is 31.0 Å². The Balaban J connectivity index is 1.97. The molecule has 1 saturated heterocycles. The fraction of sp³-hybridized carbons (Fsp3) is 0.462. The van der Waals surface area contributed by atoms with Gasteiger partial charge in [0.1, 0.15) is 0 Å². The largest absolute Gasteiger partial charge is 0.363 e. The molecule has 16 heavy (non-hydrogen) atoms.